The smallest absolute Gasteiger partial charge is 0.227 e. The van der Waals surface area contributed by atoms with E-state index in [9.17, 15) is 4.79 Å². The first-order chi connectivity index (χ1) is 8.60. The van der Waals surface area contributed by atoms with Crippen LogP contribution in [0.15, 0.2) is 12.3 Å². The number of amides is 1. The van der Waals surface area contributed by atoms with E-state index in [1.165, 1.54) is 0 Å². The van der Waals surface area contributed by atoms with Crippen LogP contribution in [0.2, 0.25) is 0 Å². The monoisotopic (exact) mass is 248 g/mol. The van der Waals surface area contributed by atoms with Gasteiger partial charge in [-0.25, -0.2) is 9.97 Å². The molecule has 1 aromatic rings. The van der Waals surface area contributed by atoms with Crippen molar-refractivity contribution in [3.63, 3.8) is 0 Å². The molecule has 5 nitrogen and oxygen atoms in total. The minimum absolute atomic E-state index is 0.103. The van der Waals surface area contributed by atoms with Crippen LogP contribution in [0.4, 0.5) is 0 Å². The fraction of sp³-hybridized carbons (Fsp3) is 0.615. The summed E-state index contributed by atoms with van der Waals surface area (Å²) in [5, 5.41) is 6.24. The fourth-order valence-electron chi connectivity index (χ4n) is 2.24. The number of rotatable bonds is 3. The summed E-state index contributed by atoms with van der Waals surface area (Å²) in [4.78, 5) is 20.5. The number of hydrogen-bond donors (Lipinski definition) is 2. The zero-order chi connectivity index (χ0) is 13.0. The molecule has 1 amide bonds. The molecule has 1 aliphatic heterocycles. The molecule has 2 N–H and O–H groups in total. The van der Waals surface area contributed by atoms with Crippen LogP contribution in [-0.2, 0) is 11.3 Å². The van der Waals surface area contributed by atoms with Crippen LogP contribution in [0.5, 0.6) is 0 Å². The molecule has 0 spiro atoms. The molecule has 2 heterocycles. The van der Waals surface area contributed by atoms with Crippen molar-refractivity contribution in [2.45, 2.75) is 33.2 Å². The van der Waals surface area contributed by atoms with E-state index in [1.54, 1.807) is 6.20 Å². The Bertz CT molecular complexity index is 427. The van der Waals surface area contributed by atoms with Crippen LogP contribution < -0.4 is 10.6 Å². The highest BCUT2D eigenvalue weighted by Gasteiger charge is 2.34. The molecule has 1 aliphatic rings. The van der Waals surface area contributed by atoms with Crippen molar-refractivity contribution in [3.05, 3.63) is 23.8 Å². The second-order valence-electron chi connectivity index (χ2n) is 5.12. The Hall–Kier alpha value is -1.49. The lowest BCUT2D eigenvalue weighted by Gasteiger charge is -2.32. The van der Waals surface area contributed by atoms with Gasteiger partial charge in [-0.15, -0.1) is 0 Å². The quantitative estimate of drug-likeness (QED) is 0.830. The molecule has 5 heteroatoms. The highest BCUT2D eigenvalue weighted by atomic mass is 16.2. The molecule has 2 rings (SSSR count). The lowest BCUT2D eigenvalue weighted by atomic mass is 9.82. The molecular formula is C13H20N4O. The fourth-order valence-corrected chi connectivity index (χ4v) is 2.24. The molecule has 1 saturated heterocycles. The van der Waals surface area contributed by atoms with Crippen molar-refractivity contribution in [3.8, 4) is 0 Å². The summed E-state index contributed by atoms with van der Waals surface area (Å²) in [5.74, 6) is 0.832. The predicted octanol–water partition coefficient (Wildman–Crippen LogP) is 0.791. The van der Waals surface area contributed by atoms with Gasteiger partial charge in [-0.2, -0.15) is 0 Å². The first kappa shape index (κ1) is 13.0. The Balaban J connectivity index is 1.91. The Morgan fingerprint density at radius 2 is 2.44 bits per heavy atom. The summed E-state index contributed by atoms with van der Waals surface area (Å²) in [6.45, 7) is 6.09. The molecule has 0 aliphatic carbocycles. The summed E-state index contributed by atoms with van der Waals surface area (Å²) in [7, 11) is 0. The number of nitrogens with zero attached hydrogens (tertiary/aromatic N) is 2. The molecular weight excluding hydrogens is 228 g/mol. The lowest BCUT2D eigenvalue weighted by Crippen LogP contribution is -2.48. The number of hydrogen-bond acceptors (Lipinski definition) is 4. The number of nitrogens with one attached hydrogen (secondary N) is 2. The summed E-state index contributed by atoms with van der Waals surface area (Å²) < 4.78 is 0. The predicted molar refractivity (Wildman–Crippen MR) is 68.8 cm³/mol. The topological polar surface area (TPSA) is 66.9 Å². The van der Waals surface area contributed by atoms with Crippen LogP contribution in [0.25, 0.3) is 0 Å². The van der Waals surface area contributed by atoms with E-state index >= 15 is 0 Å². The second-order valence-corrected chi connectivity index (χ2v) is 5.12. The van der Waals surface area contributed by atoms with E-state index in [0.29, 0.717) is 6.54 Å². The molecule has 18 heavy (non-hydrogen) atoms. The number of piperidine rings is 1. The standard InChI is InChI=1S/C13H20N4O/c1-10-15-7-4-11(17-10)8-16-12(18)13(2)5-3-6-14-9-13/h4,7,14H,3,5-6,8-9H2,1-2H3,(H,16,18). The maximum absolute atomic E-state index is 12.2. The van der Waals surface area contributed by atoms with E-state index in [2.05, 4.69) is 20.6 Å². The maximum Gasteiger partial charge on any atom is 0.227 e. The van der Waals surface area contributed by atoms with Gasteiger partial charge in [-0.05, 0) is 39.3 Å². The van der Waals surface area contributed by atoms with Gasteiger partial charge in [-0.3, -0.25) is 4.79 Å². The Labute approximate surface area is 107 Å². The first-order valence-corrected chi connectivity index (χ1v) is 6.38. The normalized spacial score (nSPS) is 23.7. The van der Waals surface area contributed by atoms with E-state index in [-0.39, 0.29) is 11.3 Å². The van der Waals surface area contributed by atoms with Gasteiger partial charge in [0, 0.05) is 12.7 Å². The SMILES string of the molecule is Cc1nccc(CNC(=O)C2(C)CCCNC2)n1. The van der Waals surface area contributed by atoms with E-state index in [4.69, 9.17) is 0 Å². The van der Waals surface area contributed by atoms with Crippen LogP contribution in [0, 0.1) is 12.3 Å². The summed E-state index contributed by atoms with van der Waals surface area (Å²) in [6.07, 6.45) is 3.71. The molecule has 1 atom stereocenters. The zero-order valence-electron chi connectivity index (χ0n) is 11.0. The Morgan fingerprint density at radius 1 is 1.61 bits per heavy atom. The zero-order valence-corrected chi connectivity index (χ0v) is 11.0. The van der Waals surface area contributed by atoms with Crippen molar-refractivity contribution in [2.24, 2.45) is 5.41 Å². The molecule has 1 unspecified atom stereocenters. The largest absolute Gasteiger partial charge is 0.350 e. The molecule has 0 saturated carbocycles. The minimum Gasteiger partial charge on any atom is -0.350 e. The second kappa shape index (κ2) is 5.44. The van der Waals surface area contributed by atoms with E-state index < -0.39 is 0 Å². The summed E-state index contributed by atoms with van der Waals surface area (Å²) in [5.41, 5.74) is 0.559. The summed E-state index contributed by atoms with van der Waals surface area (Å²) in [6, 6.07) is 1.83. The average Bonchev–Trinajstić information content (AvgIpc) is 2.37. The molecule has 1 fully saturated rings. The number of carbonyl (C=O) groups is 1. The van der Waals surface area contributed by atoms with Gasteiger partial charge in [0.15, 0.2) is 0 Å². The number of aromatic nitrogens is 2. The first-order valence-electron chi connectivity index (χ1n) is 6.38. The van der Waals surface area contributed by atoms with Crippen LogP contribution in [0.1, 0.15) is 31.3 Å². The third kappa shape index (κ3) is 3.04. The molecule has 98 valence electrons. The number of aryl methyl sites for hydroxylation is 1. The van der Waals surface area contributed by atoms with Crippen molar-refractivity contribution < 1.29 is 4.79 Å². The van der Waals surface area contributed by atoms with Gasteiger partial charge in [-0.1, -0.05) is 0 Å². The number of carbonyl (C=O) groups excluding carboxylic acids is 1. The van der Waals surface area contributed by atoms with Gasteiger partial charge in [0.25, 0.3) is 0 Å². The Kier molecular flexibility index (Phi) is 3.91. The third-order valence-electron chi connectivity index (χ3n) is 3.41. The molecule has 1 aromatic heterocycles. The van der Waals surface area contributed by atoms with Gasteiger partial charge >= 0.3 is 0 Å². The average molecular weight is 248 g/mol. The van der Waals surface area contributed by atoms with Gasteiger partial charge in [0.1, 0.15) is 5.82 Å². The van der Waals surface area contributed by atoms with Crippen molar-refractivity contribution in [2.75, 3.05) is 13.1 Å². The lowest BCUT2D eigenvalue weighted by molar-refractivity contribution is -0.131. The van der Waals surface area contributed by atoms with E-state index in [1.807, 2.05) is 19.9 Å². The van der Waals surface area contributed by atoms with Crippen molar-refractivity contribution in [1.82, 2.24) is 20.6 Å². The van der Waals surface area contributed by atoms with Gasteiger partial charge in [0.05, 0.1) is 17.7 Å². The molecule has 0 radical (unpaired) electrons. The maximum atomic E-state index is 12.2. The molecule has 0 aromatic carbocycles. The van der Waals surface area contributed by atoms with Crippen molar-refractivity contribution >= 4 is 5.91 Å². The van der Waals surface area contributed by atoms with Crippen LogP contribution in [-0.4, -0.2) is 29.0 Å². The van der Waals surface area contributed by atoms with Crippen LogP contribution in [0.3, 0.4) is 0 Å². The van der Waals surface area contributed by atoms with Gasteiger partial charge < -0.3 is 10.6 Å². The Morgan fingerprint density at radius 3 is 3.11 bits per heavy atom. The van der Waals surface area contributed by atoms with E-state index in [0.717, 1.165) is 37.4 Å². The van der Waals surface area contributed by atoms with Crippen LogP contribution >= 0.6 is 0 Å². The van der Waals surface area contributed by atoms with Gasteiger partial charge in [0.2, 0.25) is 5.91 Å². The minimum atomic E-state index is -0.291. The highest BCUT2D eigenvalue weighted by molar-refractivity contribution is 5.82. The summed E-state index contributed by atoms with van der Waals surface area (Å²) >= 11 is 0. The third-order valence-corrected chi connectivity index (χ3v) is 3.41. The molecule has 0 bridgehead atoms. The van der Waals surface area contributed by atoms with Crippen molar-refractivity contribution in [1.29, 1.82) is 0 Å². The highest BCUT2D eigenvalue weighted by Crippen LogP contribution is 2.25.